The van der Waals surface area contributed by atoms with Gasteiger partial charge in [0.25, 0.3) is 0 Å². The number of nitrogens with zero attached hydrogens (tertiary/aromatic N) is 1. The van der Waals surface area contributed by atoms with Crippen LogP contribution in [0.2, 0.25) is 0 Å². The number of thioether (sulfide) groups is 1. The van der Waals surface area contributed by atoms with Gasteiger partial charge in [0.05, 0.1) is 18.2 Å². The number of rotatable bonds is 4. The number of hydrogen-bond donors (Lipinski definition) is 1. The highest BCUT2D eigenvalue weighted by Crippen LogP contribution is 2.25. The fourth-order valence-corrected chi connectivity index (χ4v) is 1.84. The SMILES string of the molecule is COCCSc1ccc(C#N)cc1N. The Morgan fingerprint density at radius 1 is 1.57 bits per heavy atom. The van der Waals surface area contributed by atoms with E-state index in [-0.39, 0.29) is 0 Å². The van der Waals surface area contributed by atoms with E-state index in [1.54, 1.807) is 31.0 Å². The molecule has 0 saturated carbocycles. The molecule has 0 aliphatic rings. The van der Waals surface area contributed by atoms with Gasteiger partial charge in [0.1, 0.15) is 0 Å². The van der Waals surface area contributed by atoms with Crippen molar-refractivity contribution < 1.29 is 4.74 Å². The molecule has 1 aromatic rings. The van der Waals surface area contributed by atoms with Gasteiger partial charge in [-0.05, 0) is 18.2 Å². The zero-order valence-electron chi connectivity index (χ0n) is 7.99. The molecule has 0 spiro atoms. The molecular weight excluding hydrogens is 196 g/mol. The second kappa shape index (κ2) is 5.53. The highest BCUT2D eigenvalue weighted by Gasteiger charge is 2.00. The summed E-state index contributed by atoms with van der Waals surface area (Å²) in [4.78, 5) is 1.00. The van der Waals surface area contributed by atoms with Crippen molar-refractivity contribution in [2.45, 2.75) is 4.90 Å². The lowest BCUT2D eigenvalue weighted by atomic mass is 10.2. The van der Waals surface area contributed by atoms with Crippen LogP contribution in [0.1, 0.15) is 5.56 Å². The summed E-state index contributed by atoms with van der Waals surface area (Å²) in [7, 11) is 1.67. The van der Waals surface area contributed by atoms with E-state index in [9.17, 15) is 0 Å². The van der Waals surface area contributed by atoms with Crippen molar-refractivity contribution in [1.29, 1.82) is 5.26 Å². The Morgan fingerprint density at radius 2 is 2.36 bits per heavy atom. The standard InChI is InChI=1S/C10H12N2OS/c1-13-4-5-14-10-3-2-8(7-11)6-9(10)12/h2-3,6H,4-5,12H2,1H3. The van der Waals surface area contributed by atoms with E-state index in [1.165, 1.54) is 0 Å². The summed E-state index contributed by atoms with van der Waals surface area (Å²) < 4.78 is 4.93. The molecule has 0 saturated heterocycles. The van der Waals surface area contributed by atoms with E-state index in [0.29, 0.717) is 17.9 Å². The first-order valence-corrected chi connectivity index (χ1v) is 5.18. The van der Waals surface area contributed by atoms with Gasteiger partial charge >= 0.3 is 0 Å². The van der Waals surface area contributed by atoms with Gasteiger partial charge in [-0.2, -0.15) is 5.26 Å². The average molecular weight is 208 g/mol. The Morgan fingerprint density at radius 3 is 2.93 bits per heavy atom. The molecule has 0 radical (unpaired) electrons. The Kier molecular flexibility index (Phi) is 4.30. The van der Waals surface area contributed by atoms with Crippen molar-refractivity contribution >= 4 is 17.4 Å². The molecule has 0 fully saturated rings. The minimum Gasteiger partial charge on any atom is -0.398 e. The van der Waals surface area contributed by atoms with Crippen LogP contribution < -0.4 is 5.73 Å². The Labute approximate surface area is 87.9 Å². The molecule has 1 rings (SSSR count). The van der Waals surface area contributed by atoms with Gasteiger partial charge in [-0.1, -0.05) is 0 Å². The minimum absolute atomic E-state index is 0.596. The van der Waals surface area contributed by atoms with Crippen LogP contribution in [0.3, 0.4) is 0 Å². The molecule has 14 heavy (non-hydrogen) atoms. The number of nitrogen functional groups attached to an aromatic ring is 1. The molecule has 0 atom stereocenters. The maximum atomic E-state index is 8.63. The number of nitriles is 1. The number of hydrogen-bond acceptors (Lipinski definition) is 4. The monoisotopic (exact) mass is 208 g/mol. The van der Waals surface area contributed by atoms with E-state index in [4.69, 9.17) is 15.7 Å². The Balaban J connectivity index is 2.65. The quantitative estimate of drug-likeness (QED) is 0.466. The van der Waals surface area contributed by atoms with Gasteiger partial charge in [-0.25, -0.2) is 0 Å². The van der Waals surface area contributed by atoms with Crippen LogP contribution in [0.25, 0.3) is 0 Å². The number of anilines is 1. The molecule has 0 aromatic heterocycles. The molecule has 1 aromatic carbocycles. The number of methoxy groups -OCH3 is 1. The zero-order valence-corrected chi connectivity index (χ0v) is 8.80. The summed E-state index contributed by atoms with van der Waals surface area (Å²) in [6.45, 7) is 0.699. The van der Waals surface area contributed by atoms with Crippen LogP contribution in [-0.4, -0.2) is 19.5 Å². The van der Waals surface area contributed by atoms with Gasteiger partial charge in [0.15, 0.2) is 0 Å². The Hall–Kier alpha value is -1.18. The minimum atomic E-state index is 0.596. The van der Waals surface area contributed by atoms with E-state index in [0.717, 1.165) is 10.6 Å². The van der Waals surface area contributed by atoms with Crippen molar-refractivity contribution in [3.63, 3.8) is 0 Å². The topological polar surface area (TPSA) is 59.0 Å². The highest BCUT2D eigenvalue weighted by molar-refractivity contribution is 7.99. The molecule has 0 bridgehead atoms. The molecular formula is C10H12N2OS. The first kappa shape index (κ1) is 10.9. The van der Waals surface area contributed by atoms with Crippen LogP contribution in [0.15, 0.2) is 23.1 Å². The fourth-order valence-electron chi connectivity index (χ4n) is 0.984. The van der Waals surface area contributed by atoms with E-state index >= 15 is 0 Å². The average Bonchev–Trinajstić information content (AvgIpc) is 2.20. The van der Waals surface area contributed by atoms with Crippen LogP contribution >= 0.6 is 11.8 Å². The first-order valence-electron chi connectivity index (χ1n) is 4.19. The van der Waals surface area contributed by atoms with Crippen molar-refractivity contribution in [3.05, 3.63) is 23.8 Å². The summed E-state index contributed by atoms with van der Waals surface area (Å²) in [5.74, 6) is 0.868. The zero-order chi connectivity index (χ0) is 10.4. The molecule has 4 heteroatoms. The molecule has 74 valence electrons. The molecule has 2 N–H and O–H groups in total. The smallest absolute Gasteiger partial charge is 0.0992 e. The predicted molar refractivity (Wildman–Crippen MR) is 58.2 cm³/mol. The highest BCUT2D eigenvalue weighted by atomic mass is 32.2. The fraction of sp³-hybridized carbons (Fsp3) is 0.300. The van der Waals surface area contributed by atoms with Crippen molar-refractivity contribution in [2.24, 2.45) is 0 Å². The van der Waals surface area contributed by atoms with Gasteiger partial charge in [0.2, 0.25) is 0 Å². The van der Waals surface area contributed by atoms with Gasteiger partial charge < -0.3 is 10.5 Å². The molecule has 3 nitrogen and oxygen atoms in total. The first-order chi connectivity index (χ1) is 6.77. The third-order valence-corrected chi connectivity index (χ3v) is 2.74. The normalized spacial score (nSPS) is 9.71. The second-order valence-electron chi connectivity index (χ2n) is 2.71. The molecule has 0 aliphatic carbocycles. The maximum absolute atomic E-state index is 8.63. The Bertz CT molecular complexity index is 346. The summed E-state index contributed by atoms with van der Waals surface area (Å²) in [6, 6.07) is 7.38. The summed E-state index contributed by atoms with van der Waals surface area (Å²) in [6.07, 6.45) is 0. The van der Waals surface area contributed by atoms with Gasteiger partial charge in [0, 0.05) is 23.4 Å². The molecule has 0 heterocycles. The summed E-state index contributed by atoms with van der Waals surface area (Å²) in [5.41, 5.74) is 7.02. The lowest BCUT2D eigenvalue weighted by molar-refractivity contribution is 0.218. The summed E-state index contributed by atoms with van der Waals surface area (Å²) >= 11 is 1.63. The van der Waals surface area contributed by atoms with Crippen LogP contribution in [0.4, 0.5) is 5.69 Å². The summed E-state index contributed by atoms with van der Waals surface area (Å²) in [5, 5.41) is 8.63. The van der Waals surface area contributed by atoms with Crippen LogP contribution in [0.5, 0.6) is 0 Å². The third-order valence-electron chi connectivity index (χ3n) is 1.68. The number of benzene rings is 1. The maximum Gasteiger partial charge on any atom is 0.0992 e. The predicted octanol–water partition coefficient (Wildman–Crippen LogP) is 1.88. The molecule has 0 aliphatic heterocycles. The molecule has 0 amide bonds. The molecule has 0 unspecified atom stereocenters. The van der Waals surface area contributed by atoms with Gasteiger partial charge in [-0.3, -0.25) is 0 Å². The van der Waals surface area contributed by atoms with E-state index < -0.39 is 0 Å². The number of ether oxygens (including phenoxy) is 1. The largest absolute Gasteiger partial charge is 0.398 e. The van der Waals surface area contributed by atoms with Crippen molar-refractivity contribution in [2.75, 3.05) is 25.2 Å². The van der Waals surface area contributed by atoms with Crippen LogP contribution in [0, 0.1) is 11.3 Å². The third kappa shape index (κ3) is 2.95. The van der Waals surface area contributed by atoms with E-state index in [1.807, 2.05) is 12.1 Å². The lowest BCUT2D eigenvalue weighted by Gasteiger charge is -2.04. The van der Waals surface area contributed by atoms with Crippen molar-refractivity contribution in [1.82, 2.24) is 0 Å². The van der Waals surface area contributed by atoms with E-state index in [2.05, 4.69) is 0 Å². The number of nitrogens with two attached hydrogens (primary N) is 1. The van der Waals surface area contributed by atoms with Gasteiger partial charge in [-0.15, -0.1) is 11.8 Å². The van der Waals surface area contributed by atoms with Crippen molar-refractivity contribution in [3.8, 4) is 6.07 Å². The lowest BCUT2D eigenvalue weighted by Crippen LogP contribution is -1.94. The van der Waals surface area contributed by atoms with Crippen LogP contribution in [-0.2, 0) is 4.74 Å². The second-order valence-corrected chi connectivity index (χ2v) is 3.84.